The van der Waals surface area contributed by atoms with Crippen LogP contribution in [0.5, 0.6) is 11.5 Å². The number of aromatic nitrogens is 2. The highest BCUT2D eigenvalue weighted by atomic mass is 35.5. The lowest BCUT2D eigenvalue weighted by atomic mass is 10.1. The van der Waals surface area contributed by atoms with E-state index in [1.165, 1.54) is 13.2 Å². The summed E-state index contributed by atoms with van der Waals surface area (Å²) in [4.78, 5) is 11.0. The molecule has 1 aliphatic heterocycles. The summed E-state index contributed by atoms with van der Waals surface area (Å²) >= 11 is 6.44. The highest BCUT2D eigenvalue weighted by Crippen LogP contribution is 2.46. The third-order valence-electron chi connectivity index (χ3n) is 6.11. The number of sulfonamides is 1. The first kappa shape index (κ1) is 28.5. The Bertz CT molecular complexity index is 1440. The molecule has 0 bridgehead atoms. The molecular weight excluding hydrogens is 542 g/mol. The van der Waals surface area contributed by atoms with Crippen LogP contribution in [0.4, 0.5) is 34.5 Å². The number of halogens is 1. The minimum absolute atomic E-state index is 0.262. The molecule has 3 N–H and O–H groups in total. The van der Waals surface area contributed by atoms with E-state index in [9.17, 15) is 8.42 Å². The van der Waals surface area contributed by atoms with Crippen LogP contribution < -0.4 is 29.7 Å². The molecule has 0 unspecified atom stereocenters. The van der Waals surface area contributed by atoms with Crippen molar-refractivity contribution in [3.05, 3.63) is 47.1 Å². The first-order chi connectivity index (χ1) is 18.6. The number of ether oxygens (including phenoxy) is 2. The van der Waals surface area contributed by atoms with Crippen LogP contribution >= 0.6 is 11.6 Å². The maximum atomic E-state index is 12.4. The third-order valence-corrected chi connectivity index (χ3v) is 7.56. The van der Waals surface area contributed by atoms with Gasteiger partial charge < -0.3 is 30.3 Å². The molecule has 4 rings (SSSR count). The fourth-order valence-electron chi connectivity index (χ4n) is 4.00. The number of hydrogen-bond donors (Lipinski definition) is 3. The van der Waals surface area contributed by atoms with Gasteiger partial charge in [0.15, 0.2) is 17.3 Å². The van der Waals surface area contributed by atoms with Crippen LogP contribution in [0.2, 0.25) is 5.02 Å². The van der Waals surface area contributed by atoms with Gasteiger partial charge in [0.25, 0.3) is 0 Å². The lowest BCUT2D eigenvalue weighted by Gasteiger charge is -2.27. The number of hydrogen-bond acceptors (Lipinski definition) is 10. The van der Waals surface area contributed by atoms with Gasteiger partial charge in [-0.25, -0.2) is 13.4 Å². The predicted molar refractivity (Wildman–Crippen MR) is 157 cm³/mol. The summed E-state index contributed by atoms with van der Waals surface area (Å²) in [5, 5.41) is 10.1. The Balaban J connectivity index is 1.60. The summed E-state index contributed by atoms with van der Waals surface area (Å²) in [6, 6.07) is 9.47. The van der Waals surface area contributed by atoms with E-state index in [0.29, 0.717) is 47.9 Å². The zero-order valence-corrected chi connectivity index (χ0v) is 24.3. The molecule has 0 saturated carbocycles. The molecule has 13 heteroatoms. The Morgan fingerprint density at radius 2 is 1.79 bits per heavy atom. The highest BCUT2D eigenvalue weighted by molar-refractivity contribution is 7.92. The normalized spacial score (nSPS) is 12.8. The minimum atomic E-state index is -3.61. The van der Waals surface area contributed by atoms with Crippen molar-refractivity contribution in [2.45, 2.75) is 13.3 Å². The van der Waals surface area contributed by atoms with Gasteiger partial charge in [-0.3, -0.25) is 4.31 Å². The van der Waals surface area contributed by atoms with Crippen molar-refractivity contribution in [2.75, 3.05) is 74.0 Å². The topological polar surface area (TPSA) is 121 Å². The third kappa shape index (κ3) is 6.94. The minimum Gasteiger partial charge on any atom is -0.486 e. The summed E-state index contributed by atoms with van der Waals surface area (Å²) in [7, 11) is 1.93. The van der Waals surface area contributed by atoms with Crippen LogP contribution in [0.25, 0.3) is 0 Å². The smallest absolute Gasteiger partial charge is 0.232 e. The molecule has 1 aliphatic rings. The standard InChI is InChI=1S/C26H34ClN7O4S/c1-6-17-15-18(7-8-20(17)28-11-12-33(2)3)30-26-29-16-19(27)25(32-26)31-21-9-10-22-24(38-14-13-37-22)23(21)34(4)39(5,35)36/h7-10,15-16,28H,6,11-14H2,1-5H3,(H2,29,30,31,32). The largest absolute Gasteiger partial charge is 0.486 e. The van der Waals surface area contributed by atoms with Gasteiger partial charge in [0, 0.05) is 31.5 Å². The van der Waals surface area contributed by atoms with Gasteiger partial charge in [-0.15, -0.1) is 0 Å². The summed E-state index contributed by atoms with van der Waals surface area (Å²) in [5.41, 5.74) is 3.81. The van der Waals surface area contributed by atoms with Crippen LogP contribution in [-0.2, 0) is 16.4 Å². The Hall–Kier alpha value is -3.48. The lowest BCUT2D eigenvalue weighted by Crippen LogP contribution is -2.27. The van der Waals surface area contributed by atoms with E-state index in [-0.39, 0.29) is 5.02 Å². The molecule has 2 heterocycles. The number of rotatable bonds is 11. The van der Waals surface area contributed by atoms with Gasteiger partial charge in [0.05, 0.1) is 18.1 Å². The second-order valence-corrected chi connectivity index (χ2v) is 11.7. The molecule has 0 aliphatic carbocycles. The lowest BCUT2D eigenvalue weighted by molar-refractivity contribution is 0.172. The number of anilines is 6. The molecule has 39 heavy (non-hydrogen) atoms. The Kier molecular flexibility index (Phi) is 8.88. The maximum absolute atomic E-state index is 12.4. The first-order valence-electron chi connectivity index (χ1n) is 12.5. The second kappa shape index (κ2) is 12.1. The number of benzene rings is 2. The Morgan fingerprint density at radius 3 is 2.51 bits per heavy atom. The van der Waals surface area contributed by atoms with Crippen LogP contribution in [0.1, 0.15) is 12.5 Å². The van der Waals surface area contributed by atoms with Crippen molar-refractivity contribution >= 4 is 56.1 Å². The summed E-state index contributed by atoms with van der Waals surface area (Å²) in [6.07, 6.45) is 3.46. The summed E-state index contributed by atoms with van der Waals surface area (Å²) in [5.74, 6) is 1.41. The van der Waals surface area contributed by atoms with Crippen LogP contribution in [0.15, 0.2) is 36.5 Å². The molecular formula is C26H34ClN7O4S. The molecule has 2 aromatic carbocycles. The van der Waals surface area contributed by atoms with Gasteiger partial charge in [-0.05, 0) is 56.4 Å². The van der Waals surface area contributed by atoms with Crippen LogP contribution in [-0.4, -0.2) is 77.0 Å². The summed E-state index contributed by atoms with van der Waals surface area (Å²) in [6.45, 7) is 4.56. The molecule has 11 nitrogen and oxygen atoms in total. The average Bonchev–Trinajstić information content (AvgIpc) is 2.90. The van der Waals surface area contributed by atoms with Crippen molar-refractivity contribution < 1.29 is 17.9 Å². The quantitative estimate of drug-likeness (QED) is 0.305. The van der Waals surface area contributed by atoms with E-state index in [0.717, 1.165) is 47.0 Å². The van der Waals surface area contributed by atoms with E-state index >= 15 is 0 Å². The first-order valence-corrected chi connectivity index (χ1v) is 14.7. The van der Waals surface area contributed by atoms with Gasteiger partial charge in [0.2, 0.25) is 16.0 Å². The number of likely N-dealkylation sites (N-methyl/N-ethyl adjacent to an activating group) is 1. The van der Waals surface area contributed by atoms with E-state index in [1.807, 2.05) is 26.2 Å². The second-order valence-electron chi connectivity index (χ2n) is 9.31. The monoisotopic (exact) mass is 575 g/mol. The number of nitrogens with zero attached hydrogens (tertiary/aromatic N) is 4. The van der Waals surface area contributed by atoms with Gasteiger partial charge in [0.1, 0.15) is 23.9 Å². The summed E-state index contributed by atoms with van der Waals surface area (Å²) < 4.78 is 37.5. The zero-order valence-electron chi connectivity index (χ0n) is 22.7. The zero-order chi connectivity index (χ0) is 28.2. The predicted octanol–water partition coefficient (Wildman–Crippen LogP) is 4.32. The maximum Gasteiger partial charge on any atom is 0.232 e. The van der Waals surface area contributed by atoms with Crippen molar-refractivity contribution in [2.24, 2.45) is 0 Å². The molecule has 1 aromatic heterocycles. The molecule has 3 aromatic rings. The highest BCUT2D eigenvalue weighted by Gasteiger charge is 2.27. The van der Waals surface area contributed by atoms with E-state index in [2.05, 4.69) is 43.8 Å². The van der Waals surface area contributed by atoms with Gasteiger partial charge >= 0.3 is 0 Å². The van der Waals surface area contributed by atoms with Gasteiger partial charge in [-0.1, -0.05) is 18.5 Å². The molecule has 0 radical (unpaired) electrons. The average molecular weight is 576 g/mol. The molecule has 0 saturated heterocycles. The number of fused-ring (bicyclic) bond motifs is 1. The van der Waals surface area contributed by atoms with Crippen molar-refractivity contribution in [3.63, 3.8) is 0 Å². The molecule has 210 valence electrons. The molecule has 0 fully saturated rings. The number of aryl methyl sites for hydroxylation is 1. The van der Waals surface area contributed by atoms with Crippen molar-refractivity contribution in [1.82, 2.24) is 14.9 Å². The Morgan fingerprint density at radius 1 is 1.05 bits per heavy atom. The molecule has 0 spiro atoms. The molecule has 0 atom stereocenters. The Labute approximate surface area is 234 Å². The van der Waals surface area contributed by atoms with E-state index in [4.69, 9.17) is 21.1 Å². The van der Waals surface area contributed by atoms with Crippen LogP contribution in [0, 0.1) is 0 Å². The van der Waals surface area contributed by atoms with Gasteiger partial charge in [-0.2, -0.15) is 4.98 Å². The van der Waals surface area contributed by atoms with E-state index < -0.39 is 10.0 Å². The van der Waals surface area contributed by atoms with Crippen LogP contribution in [0.3, 0.4) is 0 Å². The number of nitrogens with one attached hydrogen (secondary N) is 3. The SMILES string of the molecule is CCc1cc(Nc2ncc(Cl)c(Nc3ccc4c(c3N(C)S(C)(=O)=O)OCCO4)n2)ccc1NCCN(C)C. The van der Waals surface area contributed by atoms with E-state index in [1.54, 1.807) is 12.1 Å². The fraction of sp³-hybridized carbons (Fsp3) is 0.385. The fourth-order valence-corrected chi connectivity index (χ4v) is 4.65. The van der Waals surface area contributed by atoms with Crippen molar-refractivity contribution in [3.8, 4) is 11.5 Å². The molecule has 0 amide bonds. The van der Waals surface area contributed by atoms with Crippen molar-refractivity contribution in [1.29, 1.82) is 0 Å².